The zero-order chi connectivity index (χ0) is 15.1. The van der Waals surface area contributed by atoms with E-state index < -0.39 is 0 Å². The average molecular weight is 319 g/mol. The van der Waals surface area contributed by atoms with Gasteiger partial charge in [0.15, 0.2) is 0 Å². The predicted molar refractivity (Wildman–Crippen MR) is 96.4 cm³/mol. The molecule has 0 aliphatic carbocycles. The van der Waals surface area contributed by atoms with Crippen LogP contribution in [0, 0.1) is 11.3 Å². The van der Waals surface area contributed by atoms with Crippen molar-refractivity contribution in [2.45, 2.75) is 104 Å². The van der Waals surface area contributed by atoms with Gasteiger partial charge < -0.3 is 4.74 Å². The Bertz CT molecular complexity index is 254. The highest BCUT2D eigenvalue weighted by molar-refractivity contribution is 5.85. The Morgan fingerprint density at radius 3 is 1.90 bits per heavy atom. The summed E-state index contributed by atoms with van der Waals surface area (Å²) in [5.74, 6) is 0.752. The topological polar surface area (TPSA) is 9.23 Å². The van der Waals surface area contributed by atoms with Gasteiger partial charge in [-0.05, 0) is 37.0 Å². The molecule has 0 N–H and O–H groups in total. The molecule has 0 aromatic rings. The van der Waals surface area contributed by atoms with Crippen molar-refractivity contribution < 1.29 is 4.74 Å². The van der Waals surface area contributed by atoms with E-state index in [4.69, 9.17) is 4.74 Å². The van der Waals surface area contributed by atoms with E-state index in [-0.39, 0.29) is 18.0 Å². The second-order valence-electron chi connectivity index (χ2n) is 7.55. The van der Waals surface area contributed by atoms with Crippen molar-refractivity contribution in [3.8, 4) is 0 Å². The number of halogens is 1. The summed E-state index contributed by atoms with van der Waals surface area (Å²) in [5.41, 5.74) is 0.637. The summed E-state index contributed by atoms with van der Waals surface area (Å²) in [7, 11) is 0. The molecule has 0 bridgehead atoms. The summed E-state index contributed by atoms with van der Waals surface area (Å²) in [4.78, 5) is 0. The molecule has 0 saturated carbocycles. The lowest BCUT2D eigenvalue weighted by molar-refractivity contribution is -0.179. The fourth-order valence-corrected chi connectivity index (χ4v) is 4.14. The van der Waals surface area contributed by atoms with E-state index in [0.29, 0.717) is 5.41 Å². The van der Waals surface area contributed by atoms with Crippen LogP contribution in [0.1, 0.15) is 98.8 Å². The van der Waals surface area contributed by atoms with Crippen molar-refractivity contribution in [3.63, 3.8) is 0 Å². The van der Waals surface area contributed by atoms with Crippen LogP contribution in [0.3, 0.4) is 0 Å². The molecule has 0 amide bonds. The van der Waals surface area contributed by atoms with Crippen molar-refractivity contribution in [1.82, 2.24) is 0 Å². The Morgan fingerprint density at radius 1 is 0.905 bits per heavy atom. The van der Waals surface area contributed by atoms with Gasteiger partial charge >= 0.3 is 0 Å². The largest absolute Gasteiger partial charge is 0.375 e. The Balaban J connectivity index is 0.00000400. The molecule has 2 heteroatoms. The first kappa shape index (κ1) is 21.2. The van der Waals surface area contributed by atoms with Crippen LogP contribution in [-0.4, -0.2) is 12.2 Å². The molecular weight excluding hydrogens is 280 g/mol. The molecule has 1 atom stereocenters. The zero-order valence-electron chi connectivity index (χ0n) is 15.2. The maximum absolute atomic E-state index is 6.52. The molecule has 1 aliphatic heterocycles. The molecule has 0 radical (unpaired) electrons. The molecule has 128 valence electrons. The van der Waals surface area contributed by atoms with Crippen molar-refractivity contribution in [3.05, 3.63) is 0 Å². The van der Waals surface area contributed by atoms with Crippen LogP contribution in [-0.2, 0) is 4.74 Å². The number of ether oxygens (including phenoxy) is 1. The van der Waals surface area contributed by atoms with Crippen molar-refractivity contribution in [2.75, 3.05) is 6.61 Å². The van der Waals surface area contributed by atoms with Gasteiger partial charge in [-0.25, -0.2) is 0 Å². The lowest BCUT2D eigenvalue weighted by Gasteiger charge is -2.53. The smallest absolute Gasteiger partial charge is 0.0715 e. The van der Waals surface area contributed by atoms with Crippen LogP contribution >= 0.6 is 12.4 Å². The first-order valence-electron chi connectivity index (χ1n) is 9.16. The third-order valence-corrected chi connectivity index (χ3v) is 5.47. The minimum atomic E-state index is 0. The van der Waals surface area contributed by atoms with E-state index in [1.165, 1.54) is 64.2 Å². The highest BCUT2D eigenvalue weighted by Gasteiger charge is 2.48. The van der Waals surface area contributed by atoms with Crippen LogP contribution in [0.15, 0.2) is 0 Å². The first-order valence-corrected chi connectivity index (χ1v) is 9.16. The molecule has 1 rings (SSSR count). The summed E-state index contributed by atoms with van der Waals surface area (Å²) in [5, 5.41) is 0. The van der Waals surface area contributed by atoms with Gasteiger partial charge in [0.1, 0.15) is 0 Å². The monoisotopic (exact) mass is 318 g/mol. The van der Waals surface area contributed by atoms with Crippen LogP contribution in [0.25, 0.3) is 0 Å². The van der Waals surface area contributed by atoms with E-state index >= 15 is 0 Å². The van der Waals surface area contributed by atoms with Crippen LogP contribution in [0.4, 0.5) is 0 Å². The second kappa shape index (κ2) is 10.1. The second-order valence-corrected chi connectivity index (χ2v) is 7.55. The quantitative estimate of drug-likeness (QED) is 0.455. The minimum absolute atomic E-state index is 0. The van der Waals surface area contributed by atoms with Gasteiger partial charge in [0.2, 0.25) is 0 Å². The fraction of sp³-hybridized carbons (Fsp3) is 1.00. The average Bonchev–Trinajstić information content (AvgIpc) is 2.41. The third-order valence-electron chi connectivity index (χ3n) is 5.47. The Morgan fingerprint density at radius 2 is 1.43 bits per heavy atom. The summed E-state index contributed by atoms with van der Waals surface area (Å²) in [6.45, 7) is 12.9. The molecule has 0 aromatic carbocycles. The zero-order valence-corrected chi connectivity index (χ0v) is 16.0. The highest BCUT2D eigenvalue weighted by Crippen LogP contribution is 2.50. The molecule has 0 spiro atoms. The summed E-state index contributed by atoms with van der Waals surface area (Å²) in [6, 6.07) is 0. The van der Waals surface area contributed by atoms with E-state index in [9.17, 15) is 0 Å². The minimum Gasteiger partial charge on any atom is -0.375 e. The normalized spacial score (nSPS) is 23.6. The Kier molecular flexibility index (Phi) is 10.2. The molecule has 1 heterocycles. The lowest BCUT2D eigenvalue weighted by atomic mass is 9.61. The Labute approximate surface area is 140 Å². The van der Waals surface area contributed by atoms with E-state index in [1.807, 2.05) is 0 Å². The van der Waals surface area contributed by atoms with Gasteiger partial charge in [-0.1, -0.05) is 73.1 Å². The van der Waals surface area contributed by atoms with Gasteiger partial charge in [-0.3, -0.25) is 0 Å². The van der Waals surface area contributed by atoms with Gasteiger partial charge in [0.25, 0.3) is 0 Å². The molecule has 1 unspecified atom stereocenters. The van der Waals surface area contributed by atoms with Crippen LogP contribution < -0.4 is 0 Å². The van der Waals surface area contributed by atoms with Crippen molar-refractivity contribution >= 4 is 12.4 Å². The summed E-state index contributed by atoms with van der Waals surface area (Å²) >= 11 is 0. The van der Waals surface area contributed by atoms with Crippen molar-refractivity contribution in [2.24, 2.45) is 11.3 Å². The SMILES string of the molecule is CCCCC1C(C)(C)CCOC1(CCCC)CCCC.Cl. The number of unbranched alkanes of at least 4 members (excludes halogenated alkanes) is 3. The van der Waals surface area contributed by atoms with E-state index in [2.05, 4.69) is 34.6 Å². The van der Waals surface area contributed by atoms with Gasteiger partial charge in [0.05, 0.1) is 5.60 Å². The highest BCUT2D eigenvalue weighted by atomic mass is 35.5. The van der Waals surface area contributed by atoms with Crippen molar-refractivity contribution in [1.29, 1.82) is 0 Å². The van der Waals surface area contributed by atoms with E-state index in [0.717, 1.165) is 12.5 Å². The molecule has 21 heavy (non-hydrogen) atoms. The molecule has 1 aliphatic rings. The third kappa shape index (κ3) is 5.75. The lowest BCUT2D eigenvalue weighted by Crippen LogP contribution is -2.52. The van der Waals surface area contributed by atoms with Crippen LogP contribution in [0.5, 0.6) is 0 Å². The number of hydrogen-bond donors (Lipinski definition) is 0. The van der Waals surface area contributed by atoms with Gasteiger partial charge in [-0.2, -0.15) is 0 Å². The summed E-state index contributed by atoms with van der Waals surface area (Å²) in [6.07, 6.45) is 13.0. The molecule has 1 nitrogen and oxygen atoms in total. The first-order chi connectivity index (χ1) is 9.52. The Hall–Kier alpha value is 0.250. The van der Waals surface area contributed by atoms with Gasteiger partial charge in [0, 0.05) is 6.61 Å². The standard InChI is InChI=1S/C19H38O.ClH/c1-6-9-12-17-18(4,5)15-16-20-19(17,13-10-7-2)14-11-8-3;/h17H,6-16H2,1-5H3;1H. The maximum atomic E-state index is 6.52. The molecule has 1 fully saturated rings. The predicted octanol–water partition coefficient (Wildman–Crippen LogP) is 6.78. The number of rotatable bonds is 9. The fourth-order valence-electron chi connectivity index (χ4n) is 4.14. The molecular formula is C19H39ClO. The number of hydrogen-bond acceptors (Lipinski definition) is 1. The molecule has 1 saturated heterocycles. The van der Waals surface area contributed by atoms with Gasteiger partial charge in [-0.15, -0.1) is 12.4 Å². The molecule has 0 aromatic heterocycles. The van der Waals surface area contributed by atoms with E-state index in [1.54, 1.807) is 0 Å². The summed E-state index contributed by atoms with van der Waals surface area (Å²) < 4.78 is 6.52. The maximum Gasteiger partial charge on any atom is 0.0715 e. The van der Waals surface area contributed by atoms with Crippen LogP contribution in [0.2, 0.25) is 0 Å².